The first-order valence-electron chi connectivity index (χ1n) is 6.68. The maximum Gasteiger partial charge on any atom is 0.121 e. The molecule has 3 rings (SSSR count). The number of benzene rings is 1. The van der Waals surface area contributed by atoms with Gasteiger partial charge in [0.05, 0.1) is 11.8 Å². The highest BCUT2D eigenvalue weighted by Gasteiger charge is 2.28. The number of hydrogen-bond acceptors (Lipinski definition) is 3. The van der Waals surface area contributed by atoms with Crippen molar-refractivity contribution in [2.24, 2.45) is 0 Å². The molecule has 0 spiro atoms. The molecule has 2 aromatic rings. The molecule has 1 aliphatic carbocycles. The summed E-state index contributed by atoms with van der Waals surface area (Å²) in [6.07, 6.45) is 5.84. The first kappa shape index (κ1) is 12.2. The zero-order valence-corrected chi connectivity index (χ0v) is 11.0. The topological polar surface area (TPSA) is 47.3 Å². The van der Waals surface area contributed by atoms with E-state index in [2.05, 4.69) is 9.55 Å². The van der Waals surface area contributed by atoms with Crippen LogP contribution in [0.4, 0.5) is 0 Å². The number of ether oxygens (including phenoxy) is 1. The van der Waals surface area contributed by atoms with Crippen LogP contribution in [0.2, 0.25) is 0 Å². The van der Waals surface area contributed by atoms with Crippen molar-refractivity contribution >= 4 is 0 Å². The van der Waals surface area contributed by atoms with E-state index in [9.17, 15) is 5.11 Å². The molecule has 100 valence electrons. The van der Waals surface area contributed by atoms with Crippen LogP contribution in [0.5, 0.6) is 5.75 Å². The molecule has 0 amide bonds. The molecule has 1 heterocycles. The molecule has 1 aromatic heterocycles. The lowest BCUT2D eigenvalue weighted by Gasteiger charge is -2.11. The Morgan fingerprint density at radius 3 is 3.05 bits per heavy atom. The fourth-order valence-electron chi connectivity index (χ4n) is 2.12. The summed E-state index contributed by atoms with van der Waals surface area (Å²) in [6.45, 7) is 2.02. The average Bonchev–Trinajstić information content (AvgIpc) is 3.14. The first-order valence-corrected chi connectivity index (χ1v) is 6.68. The van der Waals surface area contributed by atoms with E-state index in [0.717, 1.165) is 17.3 Å². The average molecular weight is 258 g/mol. The smallest absolute Gasteiger partial charge is 0.121 e. The third kappa shape index (κ3) is 2.79. The minimum Gasteiger partial charge on any atom is -0.491 e. The molecule has 1 saturated carbocycles. The maximum absolute atomic E-state index is 9.25. The summed E-state index contributed by atoms with van der Waals surface area (Å²) in [5.74, 6) is 2.51. The Hall–Kier alpha value is -1.81. The lowest BCUT2D eigenvalue weighted by Crippen LogP contribution is -2.12. The van der Waals surface area contributed by atoms with Crippen molar-refractivity contribution in [2.45, 2.75) is 31.8 Å². The van der Waals surface area contributed by atoms with Gasteiger partial charge in [-0.05, 0) is 31.9 Å². The van der Waals surface area contributed by atoms with Gasteiger partial charge >= 0.3 is 0 Å². The molecule has 1 N–H and O–H groups in total. The van der Waals surface area contributed by atoms with E-state index in [0.29, 0.717) is 12.5 Å². The Balaban J connectivity index is 1.83. The van der Waals surface area contributed by atoms with Crippen LogP contribution in [0, 0.1) is 0 Å². The molecule has 4 nitrogen and oxygen atoms in total. The number of hydrogen-bond donors (Lipinski definition) is 1. The molecule has 0 radical (unpaired) electrons. The normalized spacial score (nSPS) is 16.3. The van der Waals surface area contributed by atoms with Gasteiger partial charge in [-0.1, -0.05) is 6.07 Å². The van der Waals surface area contributed by atoms with Gasteiger partial charge < -0.3 is 14.4 Å². The Morgan fingerprint density at radius 2 is 2.32 bits per heavy atom. The van der Waals surface area contributed by atoms with Crippen LogP contribution in [0.25, 0.3) is 5.69 Å². The minimum atomic E-state index is -0.459. The summed E-state index contributed by atoms with van der Waals surface area (Å²) in [5.41, 5.74) is 1.06. The largest absolute Gasteiger partial charge is 0.491 e. The van der Waals surface area contributed by atoms with Crippen LogP contribution in [0.3, 0.4) is 0 Å². The summed E-state index contributed by atoms with van der Waals surface area (Å²) < 4.78 is 7.66. The lowest BCUT2D eigenvalue weighted by atomic mass is 10.3. The van der Waals surface area contributed by atoms with E-state index in [-0.39, 0.29) is 0 Å². The van der Waals surface area contributed by atoms with E-state index >= 15 is 0 Å². The molecule has 0 aliphatic heterocycles. The van der Waals surface area contributed by atoms with E-state index in [1.165, 1.54) is 12.8 Å². The molecular formula is C15H18N2O2. The van der Waals surface area contributed by atoms with Gasteiger partial charge in [0.25, 0.3) is 0 Å². The molecule has 1 unspecified atom stereocenters. The Kier molecular flexibility index (Phi) is 3.25. The van der Waals surface area contributed by atoms with Crippen LogP contribution >= 0.6 is 0 Å². The summed E-state index contributed by atoms with van der Waals surface area (Å²) in [4.78, 5) is 4.44. The number of rotatable bonds is 5. The van der Waals surface area contributed by atoms with Gasteiger partial charge in [0, 0.05) is 24.4 Å². The van der Waals surface area contributed by atoms with Gasteiger partial charge in [0.2, 0.25) is 0 Å². The molecule has 0 saturated heterocycles. The van der Waals surface area contributed by atoms with Gasteiger partial charge in [-0.15, -0.1) is 0 Å². The third-order valence-corrected chi connectivity index (χ3v) is 3.20. The summed E-state index contributed by atoms with van der Waals surface area (Å²) in [5, 5.41) is 9.25. The first-order chi connectivity index (χ1) is 9.24. The molecule has 1 fully saturated rings. The fourth-order valence-corrected chi connectivity index (χ4v) is 2.12. The SMILES string of the molecule is CC(O)COc1cccc(-n2ccnc2C2CC2)c1. The highest BCUT2D eigenvalue weighted by atomic mass is 16.5. The van der Waals surface area contributed by atoms with Crippen molar-refractivity contribution in [1.29, 1.82) is 0 Å². The fraction of sp³-hybridized carbons (Fsp3) is 0.400. The van der Waals surface area contributed by atoms with Gasteiger partial charge in [-0.25, -0.2) is 4.98 Å². The molecule has 1 aliphatic rings. The second kappa shape index (κ2) is 5.05. The van der Waals surface area contributed by atoms with Crippen LogP contribution in [-0.4, -0.2) is 27.4 Å². The van der Waals surface area contributed by atoms with Crippen molar-refractivity contribution in [3.8, 4) is 11.4 Å². The van der Waals surface area contributed by atoms with Crippen molar-refractivity contribution in [2.75, 3.05) is 6.61 Å². The van der Waals surface area contributed by atoms with Crippen LogP contribution in [0.1, 0.15) is 31.5 Å². The molecule has 19 heavy (non-hydrogen) atoms. The zero-order valence-electron chi connectivity index (χ0n) is 11.0. The predicted molar refractivity (Wildman–Crippen MR) is 72.7 cm³/mol. The highest BCUT2D eigenvalue weighted by molar-refractivity contribution is 5.41. The standard InChI is InChI=1S/C15H18N2O2/c1-11(18)10-19-14-4-2-3-13(9-14)17-8-7-16-15(17)12-5-6-12/h2-4,7-9,11-12,18H,5-6,10H2,1H3. The van der Waals surface area contributed by atoms with Gasteiger partial charge in [-0.2, -0.15) is 0 Å². The monoisotopic (exact) mass is 258 g/mol. The number of aliphatic hydroxyl groups is 1. The van der Waals surface area contributed by atoms with Gasteiger partial charge in [0.15, 0.2) is 0 Å². The van der Waals surface area contributed by atoms with E-state index in [4.69, 9.17) is 4.74 Å². The van der Waals surface area contributed by atoms with Crippen molar-refractivity contribution in [3.63, 3.8) is 0 Å². The van der Waals surface area contributed by atoms with Crippen molar-refractivity contribution < 1.29 is 9.84 Å². The number of aromatic nitrogens is 2. The van der Waals surface area contributed by atoms with Crippen molar-refractivity contribution in [1.82, 2.24) is 9.55 Å². The number of aliphatic hydroxyl groups excluding tert-OH is 1. The van der Waals surface area contributed by atoms with Crippen LogP contribution in [0.15, 0.2) is 36.7 Å². The van der Waals surface area contributed by atoms with Gasteiger partial charge in [-0.3, -0.25) is 0 Å². The van der Waals surface area contributed by atoms with E-state index < -0.39 is 6.10 Å². The summed E-state index contributed by atoms with van der Waals surface area (Å²) in [7, 11) is 0. The van der Waals surface area contributed by atoms with Crippen molar-refractivity contribution in [3.05, 3.63) is 42.5 Å². The quantitative estimate of drug-likeness (QED) is 0.896. The Labute approximate surface area is 112 Å². The number of imidazole rings is 1. The van der Waals surface area contributed by atoms with Gasteiger partial charge in [0.1, 0.15) is 18.2 Å². The second-order valence-corrected chi connectivity index (χ2v) is 5.09. The zero-order chi connectivity index (χ0) is 13.2. The maximum atomic E-state index is 9.25. The number of nitrogens with zero attached hydrogens (tertiary/aromatic N) is 2. The van der Waals surface area contributed by atoms with Crippen LogP contribution in [-0.2, 0) is 0 Å². The third-order valence-electron chi connectivity index (χ3n) is 3.20. The Bertz CT molecular complexity index is 559. The molecule has 1 aromatic carbocycles. The highest BCUT2D eigenvalue weighted by Crippen LogP contribution is 2.39. The summed E-state index contributed by atoms with van der Waals surface area (Å²) in [6, 6.07) is 7.89. The summed E-state index contributed by atoms with van der Waals surface area (Å²) >= 11 is 0. The lowest BCUT2D eigenvalue weighted by molar-refractivity contribution is 0.122. The second-order valence-electron chi connectivity index (χ2n) is 5.09. The Morgan fingerprint density at radius 1 is 1.47 bits per heavy atom. The molecule has 1 atom stereocenters. The van der Waals surface area contributed by atoms with E-state index in [1.54, 1.807) is 6.92 Å². The predicted octanol–water partition coefficient (Wildman–Crippen LogP) is 2.51. The molecule has 0 bridgehead atoms. The van der Waals surface area contributed by atoms with E-state index in [1.807, 2.05) is 36.7 Å². The minimum absolute atomic E-state index is 0.308. The molecular weight excluding hydrogens is 240 g/mol. The molecule has 4 heteroatoms. The van der Waals surface area contributed by atoms with Crippen LogP contribution < -0.4 is 4.74 Å².